The van der Waals surface area contributed by atoms with E-state index >= 15 is 0 Å². The van der Waals surface area contributed by atoms with Crippen LogP contribution in [0, 0.1) is 0 Å². The van der Waals surface area contributed by atoms with E-state index in [-0.39, 0.29) is 24.0 Å². The fourth-order valence-electron chi connectivity index (χ4n) is 2.22. The Hall–Kier alpha value is -1.70. The van der Waals surface area contributed by atoms with E-state index in [1.54, 1.807) is 6.26 Å². The van der Waals surface area contributed by atoms with Crippen LogP contribution in [-0.4, -0.2) is 25.7 Å². The zero-order valence-corrected chi connectivity index (χ0v) is 16.6. The summed E-state index contributed by atoms with van der Waals surface area (Å²) in [6, 6.07) is 11.9. The van der Waals surface area contributed by atoms with Gasteiger partial charge in [0.05, 0.1) is 12.9 Å². The van der Waals surface area contributed by atoms with Crippen LogP contribution in [0.3, 0.4) is 0 Å². The molecule has 1 aromatic heterocycles. The first-order valence-corrected chi connectivity index (χ1v) is 8.08. The molecule has 0 spiro atoms. The summed E-state index contributed by atoms with van der Waals surface area (Å²) in [5.41, 5.74) is 1.20. The first-order chi connectivity index (χ1) is 11.3. The number of nitrogens with zero attached hydrogens (tertiary/aromatic N) is 1. The minimum atomic E-state index is 0. The summed E-state index contributed by atoms with van der Waals surface area (Å²) in [7, 11) is 0. The Labute approximate surface area is 160 Å². The second kappa shape index (κ2) is 11.8. The number of furan rings is 1. The minimum absolute atomic E-state index is 0. The van der Waals surface area contributed by atoms with Gasteiger partial charge >= 0.3 is 0 Å². The van der Waals surface area contributed by atoms with Crippen LogP contribution >= 0.6 is 24.0 Å². The van der Waals surface area contributed by atoms with Crippen molar-refractivity contribution in [1.82, 2.24) is 10.6 Å². The molecule has 5 nitrogen and oxygen atoms in total. The molecule has 24 heavy (non-hydrogen) atoms. The zero-order valence-electron chi connectivity index (χ0n) is 14.2. The molecule has 1 heterocycles. The number of hydrogen-bond donors (Lipinski definition) is 2. The summed E-state index contributed by atoms with van der Waals surface area (Å²) >= 11 is 0. The maximum absolute atomic E-state index is 5.65. The predicted octanol–water partition coefficient (Wildman–Crippen LogP) is 3.59. The first kappa shape index (κ1) is 20.3. The normalized spacial score (nSPS) is 10.8. The van der Waals surface area contributed by atoms with E-state index in [9.17, 15) is 0 Å². The van der Waals surface area contributed by atoms with E-state index in [1.165, 1.54) is 5.56 Å². The first-order valence-electron chi connectivity index (χ1n) is 8.08. The fourth-order valence-corrected chi connectivity index (χ4v) is 2.22. The Bertz CT molecular complexity index is 600. The number of halogens is 1. The summed E-state index contributed by atoms with van der Waals surface area (Å²) in [6.45, 7) is 6.86. The van der Waals surface area contributed by atoms with E-state index in [4.69, 9.17) is 9.15 Å². The van der Waals surface area contributed by atoms with Crippen LogP contribution in [0.4, 0.5) is 0 Å². The predicted molar refractivity (Wildman–Crippen MR) is 108 cm³/mol. The van der Waals surface area contributed by atoms with Crippen molar-refractivity contribution in [3.8, 4) is 5.75 Å². The number of para-hydroxylation sites is 1. The van der Waals surface area contributed by atoms with Crippen molar-refractivity contribution >= 4 is 29.9 Å². The van der Waals surface area contributed by atoms with Crippen molar-refractivity contribution in [1.29, 1.82) is 0 Å². The van der Waals surface area contributed by atoms with E-state index in [0.29, 0.717) is 13.2 Å². The van der Waals surface area contributed by atoms with E-state index in [2.05, 4.69) is 28.6 Å². The number of nitrogens with one attached hydrogen (secondary N) is 2. The topological polar surface area (TPSA) is 58.8 Å². The van der Waals surface area contributed by atoms with Crippen LogP contribution in [0.25, 0.3) is 0 Å². The average Bonchev–Trinajstić information content (AvgIpc) is 3.08. The molecule has 6 heteroatoms. The molecule has 0 amide bonds. The third-order valence-corrected chi connectivity index (χ3v) is 3.28. The van der Waals surface area contributed by atoms with Crippen molar-refractivity contribution in [3.05, 3.63) is 54.0 Å². The molecule has 0 bridgehead atoms. The van der Waals surface area contributed by atoms with Gasteiger partial charge in [0.15, 0.2) is 5.96 Å². The van der Waals surface area contributed by atoms with Crippen LogP contribution in [0.1, 0.15) is 25.2 Å². The van der Waals surface area contributed by atoms with Crippen LogP contribution in [0.15, 0.2) is 52.1 Å². The lowest BCUT2D eigenvalue weighted by atomic mass is 10.1. The molecule has 2 aromatic rings. The van der Waals surface area contributed by atoms with Gasteiger partial charge < -0.3 is 19.8 Å². The average molecular weight is 443 g/mol. The van der Waals surface area contributed by atoms with Gasteiger partial charge in [-0.05, 0) is 44.0 Å². The highest BCUT2D eigenvalue weighted by Gasteiger charge is 2.03. The number of aliphatic imine (C=N–C) groups is 1. The molecule has 0 radical (unpaired) electrons. The standard InChI is InChI=1S/C18H25N3O2.HI/c1-3-19-18(21-14-16-9-7-13-23-16)20-12-11-15-8-5-6-10-17(15)22-4-2;/h5-10,13H,3-4,11-12,14H2,1-2H3,(H2,19,20,21);1H. The number of hydrogen-bond acceptors (Lipinski definition) is 3. The number of ether oxygens (including phenoxy) is 1. The lowest BCUT2D eigenvalue weighted by molar-refractivity contribution is 0.336. The van der Waals surface area contributed by atoms with Gasteiger partial charge in [-0.1, -0.05) is 18.2 Å². The van der Waals surface area contributed by atoms with Gasteiger partial charge in [-0.15, -0.1) is 24.0 Å². The summed E-state index contributed by atoms with van der Waals surface area (Å²) in [5, 5.41) is 6.58. The summed E-state index contributed by atoms with van der Waals surface area (Å²) in [4.78, 5) is 4.52. The maximum atomic E-state index is 5.65. The quantitative estimate of drug-likeness (QED) is 0.372. The zero-order chi connectivity index (χ0) is 16.3. The third kappa shape index (κ3) is 6.82. The molecule has 0 unspecified atom stereocenters. The summed E-state index contributed by atoms with van der Waals surface area (Å²) in [5.74, 6) is 2.59. The minimum Gasteiger partial charge on any atom is -0.494 e. The van der Waals surface area contributed by atoms with E-state index in [1.807, 2.05) is 37.3 Å². The molecule has 0 aliphatic rings. The highest BCUT2D eigenvalue weighted by atomic mass is 127. The molecule has 0 fully saturated rings. The Kier molecular flexibility index (Phi) is 9.98. The molecule has 0 aliphatic carbocycles. The molecular formula is C18H26IN3O2. The Balaban J connectivity index is 0.00000288. The summed E-state index contributed by atoms with van der Waals surface area (Å²) in [6.07, 6.45) is 2.54. The Morgan fingerprint density at radius 3 is 2.67 bits per heavy atom. The lowest BCUT2D eigenvalue weighted by Gasteiger charge is -2.13. The van der Waals surface area contributed by atoms with Crippen LogP contribution in [0.5, 0.6) is 5.75 Å². The third-order valence-electron chi connectivity index (χ3n) is 3.28. The van der Waals surface area contributed by atoms with Gasteiger partial charge in [0, 0.05) is 13.1 Å². The summed E-state index contributed by atoms with van der Waals surface area (Å²) < 4.78 is 11.0. The molecule has 0 saturated carbocycles. The lowest BCUT2D eigenvalue weighted by Crippen LogP contribution is -2.38. The van der Waals surface area contributed by atoms with Crippen LogP contribution < -0.4 is 15.4 Å². The smallest absolute Gasteiger partial charge is 0.191 e. The van der Waals surface area contributed by atoms with Gasteiger partial charge in [-0.2, -0.15) is 0 Å². The highest BCUT2D eigenvalue weighted by molar-refractivity contribution is 14.0. The molecule has 2 rings (SSSR count). The number of guanidine groups is 1. The van der Waals surface area contributed by atoms with E-state index < -0.39 is 0 Å². The van der Waals surface area contributed by atoms with Gasteiger partial charge in [0.2, 0.25) is 0 Å². The Morgan fingerprint density at radius 2 is 1.96 bits per heavy atom. The molecule has 0 aliphatic heterocycles. The Morgan fingerprint density at radius 1 is 1.12 bits per heavy atom. The highest BCUT2D eigenvalue weighted by Crippen LogP contribution is 2.17. The van der Waals surface area contributed by atoms with Crippen molar-refractivity contribution in [2.75, 3.05) is 19.7 Å². The van der Waals surface area contributed by atoms with Gasteiger partial charge in [0.25, 0.3) is 0 Å². The maximum Gasteiger partial charge on any atom is 0.191 e. The second-order valence-electron chi connectivity index (χ2n) is 4.99. The molecule has 1 aromatic carbocycles. The van der Waals surface area contributed by atoms with E-state index in [0.717, 1.165) is 37.0 Å². The SMILES string of the molecule is CCNC(=NCc1ccco1)NCCc1ccccc1OCC.I. The molecular weight excluding hydrogens is 417 g/mol. The van der Waals surface area contributed by atoms with Crippen molar-refractivity contribution in [3.63, 3.8) is 0 Å². The number of benzene rings is 1. The van der Waals surface area contributed by atoms with Gasteiger partial charge in [-0.3, -0.25) is 0 Å². The van der Waals surface area contributed by atoms with Crippen molar-refractivity contribution < 1.29 is 9.15 Å². The molecule has 0 saturated heterocycles. The van der Waals surface area contributed by atoms with Gasteiger partial charge in [0.1, 0.15) is 18.1 Å². The van der Waals surface area contributed by atoms with Crippen LogP contribution in [0.2, 0.25) is 0 Å². The molecule has 2 N–H and O–H groups in total. The van der Waals surface area contributed by atoms with Crippen molar-refractivity contribution in [2.45, 2.75) is 26.8 Å². The van der Waals surface area contributed by atoms with Crippen LogP contribution in [-0.2, 0) is 13.0 Å². The monoisotopic (exact) mass is 443 g/mol. The van der Waals surface area contributed by atoms with Gasteiger partial charge in [-0.25, -0.2) is 4.99 Å². The van der Waals surface area contributed by atoms with Crippen molar-refractivity contribution in [2.24, 2.45) is 4.99 Å². The molecule has 0 atom stereocenters. The fraction of sp³-hybridized carbons (Fsp3) is 0.389. The molecule has 132 valence electrons. The largest absolute Gasteiger partial charge is 0.494 e. The second-order valence-corrected chi connectivity index (χ2v) is 4.99. The number of rotatable bonds is 8.